The van der Waals surface area contributed by atoms with Crippen LogP contribution in [0.1, 0.15) is 17.5 Å². The Kier molecular flexibility index (Phi) is 7.07. The molecule has 2 aromatic carbocycles. The van der Waals surface area contributed by atoms with Crippen LogP contribution in [-0.2, 0) is 22.4 Å². The Morgan fingerprint density at radius 1 is 1.08 bits per heavy atom. The summed E-state index contributed by atoms with van der Waals surface area (Å²) in [6.45, 7) is 0. The molecule has 0 spiro atoms. The minimum Gasteiger partial charge on any atom is -0.480 e. The van der Waals surface area contributed by atoms with Gasteiger partial charge in [-0.2, -0.15) is 0 Å². The number of amides is 1. The minimum absolute atomic E-state index is 0.0581. The van der Waals surface area contributed by atoms with Gasteiger partial charge in [0.05, 0.1) is 4.92 Å². The molecule has 2 rings (SSSR count). The molecule has 26 heavy (non-hydrogen) atoms. The fourth-order valence-electron chi connectivity index (χ4n) is 2.36. The standard InChI is InChI=1S/C18H17IN2O5/c19-14-6-1-12(2-7-14)5-10-17(22)20-16(18(23)24)11-13-3-8-15(9-4-13)21(25)26/h1-4,6-9,16H,5,10-11H2,(H,20,22)(H,23,24). The molecule has 0 fully saturated rings. The van der Waals surface area contributed by atoms with Crippen LogP contribution in [-0.4, -0.2) is 27.9 Å². The van der Waals surface area contributed by atoms with Gasteiger partial charge in [0.25, 0.3) is 5.69 Å². The van der Waals surface area contributed by atoms with E-state index in [1.807, 2.05) is 24.3 Å². The Bertz CT molecular complexity index is 790. The summed E-state index contributed by atoms with van der Waals surface area (Å²) in [5.74, 6) is -1.50. The zero-order valence-corrected chi connectivity index (χ0v) is 15.9. The molecule has 0 radical (unpaired) electrons. The summed E-state index contributed by atoms with van der Waals surface area (Å²) in [7, 11) is 0. The van der Waals surface area contributed by atoms with E-state index in [9.17, 15) is 24.8 Å². The van der Waals surface area contributed by atoms with Crippen molar-refractivity contribution in [2.24, 2.45) is 0 Å². The van der Waals surface area contributed by atoms with Gasteiger partial charge in [-0.3, -0.25) is 14.9 Å². The van der Waals surface area contributed by atoms with Crippen LogP contribution in [0.3, 0.4) is 0 Å². The summed E-state index contributed by atoms with van der Waals surface area (Å²) in [5, 5.41) is 22.5. The molecule has 7 nitrogen and oxygen atoms in total. The van der Waals surface area contributed by atoms with Gasteiger partial charge in [-0.25, -0.2) is 4.79 Å². The predicted molar refractivity (Wildman–Crippen MR) is 104 cm³/mol. The highest BCUT2D eigenvalue weighted by Gasteiger charge is 2.20. The lowest BCUT2D eigenvalue weighted by atomic mass is 10.0. The van der Waals surface area contributed by atoms with Gasteiger partial charge in [-0.15, -0.1) is 0 Å². The lowest BCUT2D eigenvalue weighted by Gasteiger charge is -2.14. The van der Waals surface area contributed by atoms with Gasteiger partial charge >= 0.3 is 5.97 Å². The average molecular weight is 468 g/mol. The number of carbonyl (C=O) groups is 2. The number of nitrogens with zero attached hydrogens (tertiary/aromatic N) is 1. The maximum Gasteiger partial charge on any atom is 0.326 e. The van der Waals surface area contributed by atoms with Crippen molar-refractivity contribution in [3.8, 4) is 0 Å². The molecule has 1 atom stereocenters. The van der Waals surface area contributed by atoms with Crippen molar-refractivity contribution in [2.45, 2.75) is 25.3 Å². The molecular weight excluding hydrogens is 451 g/mol. The number of hydrogen-bond donors (Lipinski definition) is 2. The van der Waals surface area contributed by atoms with E-state index in [1.54, 1.807) is 0 Å². The van der Waals surface area contributed by atoms with Crippen molar-refractivity contribution in [1.82, 2.24) is 5.32 Å². The fourth-order valence-corrected chi connectivity index (χ4v) is 2.72. The number of halogens is 1. The third-order valence-corrected chi connectivity index (χ3v) is 4.49. The summed E-state index contributed by atoms with van der Waals surface area (Å²) in [6.07, 6.45) is 0.764. The number of hydrogen-bond acceptors (Lipinski definition) is 4. The van der Waals surface area contributed by atoms with Crippen LogP contribution in [0.4, 0.5) is 5.69 Å². The SMILES string of the molecule is O=C(CCc1ccc(I)cc1)NC(Cc1ccc([N+](=O)[O-])cc1)C(=O)O. The van der Waals surface area contributed by atoms with E-state index in [2.05, 4.69) is 27.9 Å². The van der Waals surface area contributed by atoms with Gasteiger partial charge in [0.15, 0.2) is 0 Å². The Hall–Kier alpha value is -2.49. The molecule has 0 heterocycles. The van der Waals surface area contributed by atoms with E-state index >= 15 is 0 Å². The number of carboxylic acid groups (broad SMARTS) is 1. The van der Waals surface area contributed by atoms with Gasteiger partial charge in [0, 0.05) is 28.5 Å². The lowest BCUT2D eigenvalue weighted by molar-refractivity contribution is -0.384. The molecule has 0 saturated carbocycles. The molecule has 1 unspecified atom stereocenters. The van der Waals surface area contributed by atoms with Crippen LogP contribution < -0.4 is 5.32 Å². The Morgan fingerprint density at radius 2 is 1.65 bits per heavy atom. The summed E-state index contributed by atoms with van der Waals surface area (Å²) >= 11 is 2.20. The minimum atomic E-state index is -1.15. The van der Waals surface area contributed by atoms with Gasteiger partial charge in [0.2, 0.25) is 5.91 Å². The Morgan fingerprint density at radius 3 is 2.19 bits per heavy atom. The average Bonchev–Trinajstić information content (AvgIpc) is 2.61. The van der Waals surface area contributed by atoms with Crippen molar-refractivity contribution < 1.29 is 19.6 Å². The molecule has 0 bridgehead atoms. The molecule has 0 aliphatic heterocycles. The van der Waals surface area contributed by atoms with Crippen LogP contribution in [0.5, 0.6) is 0 Å². The zero-order valence-electron chi connectivity index (χ0n) is 13.7. The van der Waals surface area contributed by atoms with E-state index < -0.39 is 16.9 Å². The summed E-state index contributed by atoms with van der Waals surface area (Å²) < 4.78 is 1.10. The molecule has 2 aromatic rings. The summed E-state index contributed by atoms with van der Waals surface area (Å²) in [4.78, 5) is 33.6. The summed E-state index contributed by atoms with van der Waals surface area (Å²) in [5.41, 5.74) is 1.53. The first-order chi connectivity index (χ1) is 12.3. The molecule has 0 aliphatic rings. The number of nitro groups is 1. The molecule has 0 aromatic heterocycles. The molecule has 0 aliphatic carbocycles. The van der Waals surface area contributed by atoms with Crippen LogP contribution in [0.25, 0.3) is 0 Å². The first-order valence-electron chi connectivity index (χ1n) is 7.85. The van der Waals surface area contributed by atoms with Gasteiger partial charge in [-0.05, 0) is 52.3 Å². The van der Waals surface area contributed by atoms with E-state index in [1.165, 1.54) is 24.3 Å². The molecule has 2 N–H and O–H groups in total. The Balaban J connectivity index is 1.92. The smallest absolute Gasteiger partial charge is 0.326 e. The number of non-ortho nitro benzene ring substituents is 1. The van der Waals surface area contributed by atoms with Crippen LogP contribution in [0.15, 0.2) is 48.5 Å². The number of nitro benzene ring substituents is 1. The molecule has 8 heteroatoms. The number of benzene rings is 2. The third kappa shape index (κ3) is 6.10. The van der Waals surface area contributed by atoms with Gasteiger partial charge in [0.1, 0.15) is 6.04 Å². The van der Waals surface area contributed by atoms with E-state index in [0.29, 0.717) is 12.0 Å². The maximum absolute atomic E-state index is 12.1. The highest BCUT2D eigenvalue weighted by molar-refractivity contribution is 14.1. The maximum atomic E-state index is 12.1. The first-order valence-corrected chi connectivity index (χ1v) is 8.93. The first kappa shape index (κ1) is 19.8. The van der Waals surface area contributed by atoms with Crippen LogP contribution in [0.2, 0.25) is 0 Å². The zero-order chi connectivity index (χ0) is 19.1. The van der Waals surface area contributed by atoms with Crippen molar-refractivity contribution in [1.29, 1.82) is 0 Å². The summed E-state index contributed by atoms with van der Waals surface area (Å²) in [6, 6.07) is 12.3. The molecular formula is C18H17IN2O5. The highest BCUT2D eigenvalue weighted by Crippen LogP contribution is 2.14. The van der Waals surface area contributed by atoms with E-state index in [0.717, 1.165) is 9.13 Å². The lowest BCUT2D eigenvalue weighted by Crippen LogP contribution is -2.42. The second kappa shape index (κ2) is 9.27. The van der Waals surface area contributed by atoms with Gasteiger partial charge in [-0.1, -0.05) is 24.3 Å². The second-order valence-corrected chi connectivity index (χ2v) is 6.96. The molecule has 1 amide bonds. The normalized spacial score (nSPS) is 11.6. The highest BCUT2D eigenvalue weighted by atomic mass is 127. The van der Waals surface area contributed by atoms with Crippen molar-refractivity contribution in [2.75, 3.05) is 0 Å². The number of nitrogens with one attached hydrogen (secondary N) is 1. The fraction of sp³-hybridized carbons (Fsp3) is 0.222. The predicted octanol–water partition coefficient (Wildman–Crippen LogP) is 2.94. The number of aliphatic carboxylic acids is 1. The number of aryl methyl sites for hydroxylation is 1. The Labute approximate surface area is 163 Å². The second-order valence-electron chi connectivity index (χ2n) is 5.71. The quantitative estimate of drug-likeness (QED) is 0.352. The number of rotatable bonds is 8. The molecule has 0 saturated heterocycles. The monoisotopic (exact) mass is 468 g/mol. The van der Waals surface area contributed by atoms with E-state index in [4.69, 9.17) is 0 Å². The van der Waals surface area contributed by atoms with E-state index in [-0.39, 0.29) is 24.4 Å². The van der Waals surface area contributed by atoms with Crippen LogP contribution in [0, 0.1) is 13.7 Å². The van der Waals surface area contributed by atoms with Crippen molar-refractivity contribution >= 4 is 40.2 Å². The number of carbonyl (C=O) groups excluding carboxylic acids is 1. The largest absolute Gasteiger partial charge is 0.480 e. The van der Waals surface area contributed by atoms with Crippen molar-refractivity contribution in [3.63, 3.8) is 0 Å². The number of carboxylic acids is 1. The third-order valence-electron chi connectivity index (χ3n) is 3.77. The van der Waals surface area contributed by atoms with Crippen LogP contribution >= 0.6 is 22.6 Å². The van der Waals surface area contributed by atoms with Crippen molar-refractivity contribution in [3.05, 3.63) is 73.3 Å². The van der Waals surface area contributed by atoms with Gasteiger partial charge < -0.3 is 10.4 Å². The molecule has 136 valence electrons. The topological polar surface area (TPSA) is 110 Å².